The van der Waals surface area contributed by atoms with Gasteiger partial charge in [-0.05, 0) is 18.9 Å². The first-order valence-corrected chi connectivity index (χ1v) is 8.92. The third kappa shape index (κ3) is 6.12. The second-order valence-corrected chi connectivity index (χ2v) is 6.36. The summed E-state index contributed by atoms with van der Waals surface area (Å²) in [6.07, 6.45) is 3.37. The van der Waals surface area contributed by atoms with Gasteiger partial charge in [0.05, 0.1) is 13.2 Å². The number of aliphatic imine (C=N–C) groups is 1. The molecule has 0 spiro atoms. The normalized spacial score (nSPS) is 20.2. The monoisotopic (exact) mass is 366 g/mol. The number of nitrogens with zero attached hydrogens (tertiary/aromatic N) is 2. The number of nitrogens with one attached hydrogen (secondary N) is 2. The second kappa shape index (κ2) is 10.9. The number of aliphatic hydroxyl groups excluding tert-OH is 1. The van der Waals surface area contributed by atoms with E-state index in [9.17, 15) is 5.11 Å². The predicted octanol–water partition coefficient (Wildman–Crippen LogP) is 0.561. The van der Waals surface area contributed by atoms with E-state index in [2.05, 4.69) is 20.6 Å². The molecule has 1 aliphatic heterocycles. The van der Waals surface area contributed by atoms with Crippen LogP contribution in [0, 0.1) is 5.41 Å². The summed E-state index contributed by atoms with van der Waals surface area (Å²) in [6.45, 7) is 3.79. The minimum Gasteiger partial charge on any atom is -0.475 e. The summed E-state index contributed by atoms with van der Waals surface area (Å²) >= 11 is 0. The SMILES string of the molecule is CN=C(NCc1cccnc1OCCOC)NCC1(CCO)CCOC1. The zero-order chi connectivity index (χ0) is 18.7. The Morgan fingerprint density at radius 2 is 2.31 bits per heavy atom. The van der Waals surface area contributed by atoms with E-state index in [1.54, 1.807) is 20.4 Å². The molecule has 2 heterocycles. The maximum Gasteiger partial charge on any atom is 0.218 e. The van der Waals surface area contributed by atoms with Gasteiger partial charge in [-0.25, -0.2) is 4.98 Å². The quantitative estimate of drug-likeness (QED) is 0.316. The van der Waals surface area contributed by atoms with Crippen LogP contribution in [0.2, 0.25) is 0 Å². The topological polar surface area (TPSA) is 97.2 Å². The number of hydrogen-bond donors (Lipinski definition) is 3. The van der Waals surface area contributed by atoms with E-state index in [0.29, 0.717) is 44.7 Å². The highest BCUT2D eigenvalue weighted by atomic mass is 16.5. The van der Waals surface area contributed by atoms with Gasteiger partial charge in [0.25, 0.3) is 0 Å². The molecular weight excluding hydrogens is 336 g/mol. The molecule has 26 heavy (non-hydrogen) atoms. The molecule has 0 saturated carbocycles. The summed E-state index contributed by atoms with van der Waals surface area (Å²) in [5.41, 5.74) is 0.913. The van der Waals surface area contributed by atoms with E-state index in [0.717, 1.165) is 25.0 Å². The van der Waals surface area contributed by atoms with E-state index in [1.807, 2.05) is 12.1 Å². The number of ether oxygens (including phenoxy) is 3. The van der Waals surface area contributed by atoms with Crippen molar-refractivity contribution < 1.29 is 19.3 Å². The summed E-state index contributed by atoms with van der Waals surface area (Å²) in [6, 6.07) is 3.84. The Labute approximate surface area is 155 Å². The van der Waals surface area contributed by atoms with E-state index >= 15 is 0 Å². The summed E-state index contributed by atoms with van der Waals surface area (Å²) in [4.78, 5) is 8.55. The molecule has 1 unspecified atom stereocenters. The molecule has 8 heteroatoms. The zero-order valence-electron chi connectivity index (χ0n) is 15.7. The molecule has 0 radical (unpaired) electrons. The average Bonchev–Trinajstić information content (AvgIpc) is 3.12. The van der Waals surface area contributed by atoms with Gasteiger partial charge < -0.3 is 30.0 Å². The number of aliphatic hydroxyl groups is 1. The highest BCUT2D eigenvalue weighted by Crippen LogP contribution is 2.31. The molecule has 146 valence electrons. The molecule has 0 aliphatic carbocycles. The van der Waals surface area contributed by atoms with Crippen LogP contribution in [0.5, 0.6) is 5.88 Å². The molecule has 1 atom stereocenters. The van der Waals surface area contributed by atoms with E-state index in [-0.39, 0.29) is 12.0 Å². The maximum absolute atomic E-state index is 9.33. The van der Waals surface area contributed by atoms with Gasteiger partial charge in [0, 0.05) is 57.6 Å². The number of hydrogen-bond acceptors (Lipinski definition) is 6. The molecule has 8 nitrogen and oxygen atoms in total. The standard InChI is InChI=1S/C18H30N4O4/c1-19-17(22-13-18(5-8-23)6-9-25-14-18)21-12-15-4-3-7-20-16(15)26-11-10-24-2/h3-4,7,23H,5-6,8-14H2,1-2H3,(H2,19,21,22). The first kappa shape index (κ1) is 20.4. The Morgan fingerprint density at radius 1 is 1.42 bits per heavy atom. The Bertz CT molecular complexity index is 562. The van der Waals surface area contributed by atoms with Gasteiger partial charge in [-0.1, -0.05) is 6.07 Å². The Morgan fingerprint density at radius 3 is 3.00 bits per heavy atom. The van der Waals surface area contributed by atoms with Crippen LogP contribution in [0.3, 0.4) is 0 Å². The van der Waals surface area contributed by atoms with Crippen LogP contribution in [0.4, 0.5) is 0 Å². The van der Waals surface area contributed by atoms with Crippen LogP contribution < -0.4 is 15.4 Å². The molecule has 0 bridgehead atoms. The molecule has 1 aromatic heterocycles. The number of guanidine groups is 1. The van der Waals surface area contributed by atoms with Crippen molar-refractivity contribution >= 4 is 5.96 Å². The fourth-order valence-corrected chi connectivity index (χ4v) is 2.89. The third-order valence-electron chi connectivity index (χ3n) is 4.50. The summed E-state index contributed by atoms with van der Waals surface area (Å²) in [5.74, 6) is 1.29. The largest absolute Gasteiger partial charge is 0.475 e. The fourth-order valence-electron chi connectivity index (χ4n) is 2.89. The van der Waals surface area contributed by atoms with E-state index < -0.39 is 0 Å². The van der Waals surface area contributed by atoms with Crippen LogP contribution in [0.15, 0.2) is 23.3 Å². The van der Waals surface area contributed by atoms with Crippen LogP contribution in [-0.2, 0) is 16.0 Å². The lowest BCUT2D eigenvalue weighted by atomic mass is 9.84. The third-order valence-corrected chi connectivity index (χ3v) is 4.50. The lowest BCUT2D eigenvalue weighted by Crippen LogP contribution is -2.44. The van der Waals surface area contributed by atoms with Gasteiger partial charge in [0.15, 0.2) is 5.96 Å². The van der Waals surface area contributed by atoms with Crippen molar-refractivity contribution in [2.24, 2.45) is 10.4 Å². The van der Waals surface area contributed by atoms with Crippen LogP contribution in [0.1, 0.15) is 18.4 Å². The van der Waals surface area contributed by atoms with Crippen molar-refractivity contribution in [3.63, 3.8) is 0 Å². The van der Waals surface area contributed by atoms with Crippen LogP contribution in [0.25, 0.3) is 0 Å². The van der Waals surface area contributed by atoms with Gasteiger partial charge >= 0.3 is 0 Å². The smallest absolute Gasteiger partial charge is 0.218 e. The van der Waals surface area contributed by atoms with Crippen molar-refractivity contribution in [3.8, 4) is 5.88 Å². The Kier molecular flexibility index (Phi) is 8.60. The highest BCUT2D eigenvalue weighted by molar-refractivity contribution is 5.79. The lowest BCUT2D eigenvalue weighted by molar-refractivity contribution is 0.127. The zero-order valence-corrected chi connectivity index (χ0v) is 15.7. The molecule has 1 fully saturated rings. The van der Waals surface area contributed by atoms with Gasteiger partial charge in [-0.15, -0.1) is 0 Å². The van der Waals surface area contributed by atoms with Gasteiger partial charge in [-0.3, -0.25) is 4.99 Å². The molecule has 3 N–H and O–H groups in total. The maximum atomic E-state index is 9.33. The van der Waals surface area contributed by atoms with Crippen molar-refractivity contribution in [1.82, 2.24) is 15.6 Å². The van der Waals surface area contributed by atoms with Crippen molar-refractivity contribution in [2.75, 3.05) is 53.7 Å². The molecule has 0 amide bonds. The Balaban J connectivity index is 1.87. The molecule has 2 rings (SSSR count). The number of pyridine rings is 1. The predicted molar refractivity (Wildman–Crippen MR) is 99.4 cm³/mol. The van der Waals surface area contributed by atoms with Gasteiger partial charge in [0.2, 0.25) is 5.88 Å². The molecule has 1 saturated heterocycles. The number of aromatic nitrogens is 1. The number of methoxy groups -OCH3 is 1. The molecule has 1 aliphatic rings. The Hall–Kier alpha value is -1.90. The van der Waals surface area contributed by atoms with Crippen molar-refractivity contribution in [2.45, 2.75) is 19.4 Å². The minimum atomic E-state index is -0.0326. The van der Waals surface area contributed by atoms with Crippen molar-refractivity contribution in [3.05, 3.63) is 23.9 Å². The number of rotatable bonds is 10. The first-order chi connectivity index (χ1) is 12.7. The van der Waals surface area contributed by atoms with Crippen LogP contribution in [-0.4, -0.2) is 69.8 Å². The van der Waals surface area contributed by atoms with Crippen LogP contribution >= 0.6 is 0 Å². The lowest BCUT2D eigenvalue weighted by Gasteiger charge is -2.27. The first-order valence-electron chi connectivity index (χ1n) is 8.92. The fraction of sp³-hybridized carbons (Fsp3) is 0.667. The minimum absolute atomic E-state index is 0.0326. The molecule has 1 aromatic rings. The average molecular weight is 366 g/mol. The molecule has 0 aromatic carbocycles. The highest BCUT2D eigenvalue weighted by Gasteiger charge is 2.34. The van der Waals surface area contributed by atoms with Gasteiger partial charge in [0.1, 0.15) is 6.61 Å². The summed E-state index contributed by atoms with van der Waals surface area (Å²) in [7, 11) is 3.37. The van der Waals surface area contributed by atoms with E-state index in [1.165, 1.54) is 0 Å². The second-order valence-electron chi connectivity index (χ2n) is 6.36. The van der Waals surface area contributed by atoms with E-state index in [4.69, 9.17) is 14.2 Å². The summed E-state index contributed by atoms with van der Waals surface area (Å²) < 4.78 is 16.2. The molecular formula is C18H30N4O4. The summed E-state index contributed by atoms with van der Waals surface area (Å²) in [5, 5.41) is 16.0. The van der Waals surface area contributed by atoms with Crippen molar-refractivity contribution in [1.29, 1.82) is 0 Å². The van der Waals surface area contributed by atoms with Gasteiger partial charge in [-0.2, -0.15) is 0 Å².